The second kappa shape index (κ2) is 5.71. The molecule has 1 aliphatic rings. The highest BCUT2D eigenvalue weighted by atomic mass is 79.9. The molecule has 0 saturated carbocycles. The van der Waals surface area contributed by atoms with Gasteiger partial charge in [-0.05, 0) is 54.0 Å². The number of rotatable bonds is 3. The molecule has 0 radical (unpaired) electrons. The van der Waals surface area contributed by atoms with Crippen molar-refractivity contribution in [3.05, 3.63) is 28.2 Å². The fraction of sp³-hybridized carbons (Fsp3) is 0.538. The Morgan fingerprint density at radius 1 is 1.42 bits per heavy atom. The highest BCUT2D eigenvalue weighted by Crippen LogP contribution is 2.37. The molecule has 0 amide bonds. The molecule has 2 rings (SSSR count). The summed E-state index contributed by atoms with van der Waals surface area (Å²) in [5.74, 6) is 0. The minimum atomic E-state index is -4.30. The van der Waals surface area contributed by atoms with Gasteiger partial charge >= 0.3 is 6.18 Å². The van der Waals surface area contributed by atoms with Crippen molar-refractivity contribution in [2.75, 3.05) is 25.0 Å². The highest BCUT2D eigenvalue weighted by molar-refractivity contribution is 9.10. The zero-order valence-corrected chi connectivity index (χ0v) is 12.2. The molecular formula is C13H16BrF3N2. The van der Waals surface area contributed by atoms with Crippen molar-refractivity contribution in [2.24, 2.45) is 0 Å². The first-order valence-electron chi connectivity index (χ1n) is 6.21. The van der Waals surface area contributed by atoms with E-state index in [1.165, 1.54) is 0 Å². The Hall–Kier alpha value is -0.750. The topological polar surface area (TPSA) is 15.3 Å². The van der Waals surface area contributed by atoms with Crippen LogP contribution in [0, 0.1) is 0 Å². The summed E-state index contributed by atoms with van der Waals surface area (Å²) < 4.78 is 38.4. The fourth-order valence-electron chi connectivity index (χ4n) is 2.52. The van der Waals surface area contributed by atoms with Crippen LogP contribution in [0.5, 0.6) is 0 Å². The van der Waals surface area contributed by atoms with Crippen LogP contribution in [-0.2, 0) is 6.18 Å². The maximum atomic E-state index is 12.6. The molecule has 1 aromatic rings. The molecule has 106 valence electrons. The zero-order valence-electron chi connectivity index (χ0n) is 10.6. The number of hydrogen-bond acceptors (Lipinski definition) is 2. The van der Waals surface area contributed by atoms with Gasteiger partial charge in [0.05, 0.1) is 11.3 Å². The van der Waals surface area contributed by atoms with Gasteiger partial charge < -0.3 is 10.2 Å². The molecule has 1 unspecified atom stereocenters. The molecule has 1 heterocycles. The first-order valence-corrected chi connectivity index (χ1v) is 7.01. The van der Waals surface area contributed by atoms with Gasteiger partial charge in [-0.3, -0.25) is 0 Å². The maximum absolute atomic E-state index is 12.6. The Kier molecular flexibility index (Phi) is 4.40. The number of likely N-dealkylation sites (N-methyl/N-ethyl adjacent to an activating group) is 1. The lowest BCUT2D eigenvalue weighted by atomic mass is 10.1. The van der Waals surface area contributed by atoms with Gasteiger partial charge in [-0.15, -0.1) is 0 Å². The fourth-order valence-corrected chi connectivity index (χ4v) is 3.12. The first-order chi connectivity index (χ1) is 8.93. The summed E-state index contributed by atoms with van der Waals surface area (Å²) in [6, 6.07) is 4.21. The van der Waals surface area contributed by atoms with Crippen LogP contribution in [-0.4, -0.2) is 26.2 Å². The summed E-state index contributed by atoms with van der Waals surface area (Å²) in [4.78, 5) is 2.17. The summed E-state index contributed by atoms with van der Waals surface area (Å²) in [6.07, 6.45) is -2.16. The SMILES string of the molecule is CNCC1CCCN1c1ccc(C(F)(F)F)cc1Br. The monoisotopic (exact) mass is 336 g/mol. The maximum Gasteiger partial charge on any atom is 0.416 e. The minimum Gasteiger partial charge on any atom is -0.366 e. The number of benzene rings is 1. The summed E-state index contributed by atoms with van der Waals surface area (Å²) in [6.45, 7) is 1.73. The van der Waals surface area contributed by atoms with Crippen molar-refractivity contribution >= 4 is 21.6 Å². The Morgan fingerprint density at radius 2 is 2.16 bits per heavy atom. The van der Waals surface area contributed by atoms with E-state index in [0.717, 1.165) is 43.8 Å². The third kappa shape index (κ3) is 3.23. The summed E-state index contributed by atoms with van der Waals surface area (Å²) in [5.41, 5.74) is 0.221. The van der Waals surface area contributed by atoms with Gasteiger partial charge in [-0.25, -0.2) is 0 Å². The van der Waals surface area contributed by atoms with Crippen LogP contribution in [0.4, 0.5) is 18.9 Å². The lowest BCUT2D eigenvalue weighted by Crippen LogP contribution is -2.37. The molecule has 0 bridgehead atoms. The van der Waals surface area contributed by atoms with Crippen LogP contribution in [0.3, 0.4) is 0 Å². The van der Waals surface area contributed by atoms with Gasteiger partial charge in [0.15, 0.2) is 0 Å². The van der Waals surface area contributed by atoms with E-state index in [1.54, 1.807) is 6.07 Å². The highest BCUT2D eigenvalue weighted by Gasteiger charge is 2.32. The molecule has 1 atom stereocenters. The van der Waals surface area contributed by atoms with Crippen molar-refractivity contribution < 1.29 is 13.2 Å². The minimum absolute atomic E-state index is 0.345. The van der Waals surface area contributed by atoms with Crippen LogP contribution >= 0.6 is 15.9 Å². The van der Waals surface area contributed by atoms with Crippen molar-refractivity contribution in [2.45, 2.75) is 25.1 Å². The Balaban J connectivity index is 2.26. The lowest BCUT2D eigenvalue weighted by Gasteiger charge is -2.28. The first kappa shape index (κ1) is 14.7. The Bertz CT molecular complexity index is 448. The van der Waals surface area contributed by atoms with Crippen molar-refractivity contribution in [3.63, 3.8) is 0 Å². The molecule has 0 aliphatic carbocycles. The third-order valence-corrected chi connectivity index (χ3v) is 4.04. The van der Waals surface area contributed by atoms with E-state index in [0.29, 0.717) is 10.5 Å². The Labute approximate surface area is 119 Å². The smallest absolute Gasteiger partial charge is 0.366 e. The number of alkyl halides is 3. The van der Waals surface area contributed by atoms with Crippen LogP contribution in [0.15, 0.2) is 22.7 Å². The molecule has 1 saturated heterocycles. The molecule has 6 heteroatoms. The molecule has 1 fully saturated rings. The molecule has 19 heavy (non-hydrogen) atoms. The summed E-state index contributed by atoms with van der Waals surface area (Å²) in [7, 11) is 1.89. The van der Waals surface area contributed by atoms with E-state index in [9.17, 15) is 13.2 Å². The number of nitrogens with one attached hydrogen (secondary N) is 1. The molecule has 0 spiro atoms. The largest absolute Gasteiger partial charge is 0.416 e. The van der Waals surface area contributed by atoms with Crippen molar-refractivity contribution in [3.8, 4) is 0 Å². The normalized spacial score (nSPS) is 20.1. The van der Waals surface area contributed by atoms with E-state index in [-0.39, 0.29) is 0 Å². The van der Waals surface area contributed by atoms with Crippen LogP contribution in [0.25, 0.3) is 0 Å². The van der Waals surface area contributed by atoms with Gasteiger partial charge in [-0.1, -0.05) is 0 Å². The van der Waals surface area contributed by atoms with E-state index < -0.39 is 11.7 Å². The van der Waals surface area contributed by atoms with Crippen LogP contribution in [0.2, 0.25) is 0 Å². The third-order valence-electron chi connectivity index (χ3n) is 3.40. The summed E-state index contributed by atoms with van der Waals surface area (Å²) >= 11 is 3.27. The summed E-state index contributed by atoms with van der Waals surface area (Å²) in [5, 5.41) is 3.13. The molecule has 1 aliphatic heterocycles. The average Bonchev–Trinajstić information content (AvgIpc) is 2.76. The van der Waals surface area contributed by atoms with Gasteiger partial charge in [0.1, 0.15) is 0 Å². The number of hydrogen-bond donors (Lipinski definition) is 1. The van der Waals surface area contributed by atoms with Crippen LogP contribution < -0.4 is 10.2 Å². The number of nitrogens with zero attached hydrogens (tertiary/aromatic N) is 1. The van der Waals surface area contributed by atoms with E-state index >= 15 is 0 Å². The van der Waals surface area contributed by atoms with Crippen molar-refractivity contribution in [1.82, 2.24) is 5.32 Å². The Morgan fingerprint density at radius 3 is 2.74 bits per heavy atom. The molecule has 2 nitrogen and oxygen atoms in total. The average molecular weight is 337 g/mol. The molecular weight excluding hydrogens is 321 g/mol. The van der Waals surface area contributed by atoms with E-state index in [1.807, 2.05) is 7.05 Å². The van der Waals surface area contributed by atoms with Gasteiger partial charge in [0.2, 0.25) is 0 Å². The molecule has 0 aromatic heterocycles. The predicted octanol–water partition coefficient (Wildman–Crippen LogP) is 3.66. The quantitative estimate of drug-likeness (QED) is 0.906. The predicted molar refractivity (Wildman–Crippen MR) is 73.4 cm³/mol. The van der Waals surface area contributed by atoms with Gasteiger partial charge in [0.25, 0.3) is 0 Å². The van der Waals surface area contributed by atoms with Crippen LogP contribution in [0.1, 0.15) is 18.4 Å². The number of halogens is 4. The second-order valence-electron chi connectivity index (χ2n) is 4.71. The lowest BCUT2D eigenvalue weighted by molar-refractivity contribution is -0.137. The zero-order chi connectivity index (χ0) is 14.0. The number of anilines is 1. The van der Waals surface area contributed by atoms with Gasteiger partial charge in [0, 0.05) is 23.6 Å². The molecule has 1 N–H and O–H groups in total. The van der Waals surface area contributed by atoms with E-state index in [4.69, 9.17) is 0 Å². The standard InChI is InChI=1S/C13H16BrF3N2/c1-18-8-10-3-2-6-19(10)12-5-4-9(7-11(12)14)13(15,16)17/h4-5,7,10,18H,2-3,6,8H2,1H3. The molecule has 1 aromatic carbocycles. The van der Waals surface area contributed by atoms with E-state index in [2.05, 4.69) is 26.1 Å². The van der Waals surface area contributed by atoms with Crippen molar-refractivity contribution in [1.29, 1.82) is 0 Å². The second-order valence-corrected chi connectivity index (χ2v) is 5.57. The van der Waals surface area contributed by atoms with Gasteiger partial charge in [-0.2, -0.15) is 13.2 Å².